The van der Waals surface area contributed by atoms with Gasteiger partial charge in [-0.3, -0.25) is 9.59 Å². The molecule has 0 aromatic carbocycles. The van der Waals surface area contributed by atoms with E-state index in [0.717, 1.165) is 4.48 Å². The van der Waals surface area contributed by atoms with Crippen molar-refractivity contribution in [2.24, 2.45) is 5.92 Å². The molecule has 0 radical (unpaired) electrons. The number of rotatable bonds is 4. The Bertz CT molecular complexity index is 203. The summed E-state index contributed by atoms with van der Waals surface area (Å²) in [7, 11) is 0. The van der Waals surface area contributed by atoms with Crippen LogP contribution in [-0.2, 0) is 9.59 Å². The van der Waals surface area contributed by atoms with Crippen molar-refractivity contribution in [2.45, 2.75) is 13.3 Å². The molecule has 0 atom stereocenters. The number of hydrogen-bond acceptors (Lipinski definition) is 2. The Labute approximate surface area is 78.0 Å². The average Bonchev–Trinajstić information content (AvgIpc) is 1.84. The van der Waals surface area contributed by atoms with Crippen LogP contribution in [0.2, 0.25) is 0 Å². The smallest absolute Gasteiger partial charge is 0.318 e. The van der Waals surface area contributed by atoms with Crippen LogP contribution in [0.3, 0.4) is 0 Å². The van der Waals surface area contributed by atoms with Crippen LogP contribution >= 0.6 is 15.9 Å². The van der Waals surface area contributed by atoms with Crippen LogP contribution in [-0.4, -0.2) is 22.2 Å². The van der Waals surface area contributed by atoms with Gasteiger partial charge in [-0.25, -0.2) is 0 Å². The van der Waals surface area contributed by atoms with Gasteiger partial charge in [0.15, 0.2) is 5.92 Å². The van der Waals surface area contributed by atoms with Crippen LogP contribution in [0.15, 0.2) is 10.6 Å². The van der Waals surface area contributed by atoms with E-state index in [-0.39, 0.29) is 6.42 Å². The van der Waals surface area contributed by atoms with Crippen LogP contribution in [0.1, 0.15) is 13.3 Å². The minimum absolute atomic E-state index is 0.00174. The van der Waals surface area contributed by atoms with Crippen molar-refractivity contribution in [3.05, 3.63) is 10.6 Å². The second kappa shape index (κ2) is 4.92. The second-order valence-corrected chi connectivity index (χ2v) is 3.51. The van der Waals surface area contributed by atoms with Crippen molar-refractivity contribution in [1.29, 1.82) is 0 Å². The first-order valence-electron chi connectivity index (χ1n) is 3.23. The lowest BCUT2D eigenvalue weighted by atomic mass is 10.1. The Morgan fingerprint density at radius 3 is 2.08 bits per heavy atom. The molecule has 0 rings (SSSR count). The van der Waals surface area contributed by atoms with E-state index in [0.29, 0.717) is 0 Å². The zero-order valence-corrected chi connectivity index (χ0v) is 8.04. The summed E-state index contributed by atoms with van der Waals surface area (Å²) in [6, 6.07) is 0. The maximum Gasteiger partial charge on any atom is 0.318 e. The summed E-state index contributed by atoms with van der Waals surface area (Å²) in [6.45, 7) is 1.71. The Morgan fingerprint density at radius 2 is 1.83 bits per heavy atom. The van der Waals surface area contributed by atoms with Gasteiger partial charge in [0, 0.05) is 0 Å². The molecule has 0 saturated heterocycles. The molecule has 0 aromatic rings. The summed E-state index contributed by atoms with van der Waals surface area (Å²) >= 11 is 3.08. The SMILES string of the molecule is CC(Br)=CCC(C(=O)O)C(=O)O. The predicted octanol–water partition coefficient (Wildman–Crippen LogP) is 1.46. The number of carbonyl (C=O) groups is 2. The molecule has 4 nitrogen and oxygen atoms in total. The number of carboxylic acids is 2. The van der Waals surface area contributed by atoms with Crippen LogP contribution < -0.4 is 0 Å². The summed E-state index contributed by atoms with van der Waals surface area (Å²) in [4.78, 5) is 20.7. The first kappa shape index (κ1) is 11.2. The first-order chi connectivity index (χ1) is 5.45. The zero-order chi connectivity index (χ0) is 9.72. The standard InChI is InChI=1S/C7H9BrO4/c1-4(8)2-3-5(6(9)10)7(11)12/h2,5H,3H2,1H3,(H,9,10)(H,11,12). The van der Waals surface area contributed by atoms with Gasteiger partial charge in [0.1, 0.15) is 0 Å². The fraction of sp³-hybridized carbons (Fsp3) is 0.429. The third-order valence-electron chi connectivity index (χ3n) is 1.23. The van der Waals surface area contributed by atoms with E-state index in [2.05, 4.69) is 15.9 Å². The van der Waals surface area contributed by atoms with E-state index in [1.807, 2.05) is 0 Å². The highest BCUT2D eigenvalue weighted by Gasteiger charge is 2.23. The minimum atomic E-state index is -1.35. The van der Waals surface area contributed by atoms with Gasteiger partial charge in [-0.2, -0.15) is 0 Å². The van der Waals surface area contributed by atoms with E-state index >= 15 is 0 Å². The Hall–Kier alpha value is -0.840. The van der Waals surface area contributed by atoms with Crippen LogP contribution in [0.25, 0.3) is 0 Å². The molecule has 0 amide bonds. The lowest BCUT2D eigenvalue weighted by molar-refractivity contribution is -0.154. The quantitative estimate of drug-likeness (QED) is 0.726. The largest absolute Gasteiger partial charge is 0.481 e. The highest BCUT2D eigenvalue weighted by molar-refractivity contribution is 9.11. The number of allylic oxidation sites excluding steroid dienone is 2. The highest BCUT2D eigenvalue weighted by atomic mass is 79.9. The van der Waals surface area contributed by atoms with E-state index < -0.39 is 17.9 Å². The van der Waals surface area contributed by atoms with E-state index in [9.17, 15) is 9.59 Å². The molecule has 0 bridgehead atoms. The van der Waals surface area contributed by atoms with Gasteiger partial charge < -0.3 is 10.2 Å². The Kier molecular flexibility index (Phi) is 4.58. The summed E-state index contributed by atoms with van der Waals surface area (Å²) in [6.07, 6.45) is 1.52. The van der Waals surface area contributed by atoms with Crippen molar-refractivity contribution in [1.82, 2.24) is 0 Å². The third-order valence-corrected chi connectivity index (χ3v) is 1.55. The summed E-state index contributed by atoms with van der Waals surface area (Å²) in [5.74, 6) is -3.97. The van der Waals surface area contributed by atoms with Gasteiger partial charge in [0.05, 0.1) is 0 Å². The lowest BCUT2D eigenvalue weighted by Gasteiger charge is -2.02. The highest BCUT2D eigenvalue weighted by Crippen LogP contribution is 2.10. The van der Waals surface area contributed by atoms with Crippen LogP contribution in [0.5, 0.6) is 0 Å². The first-order valence-corrected chi connectivity index (χ1v) is 4.02. The zero-order valence-electron chi connectivity index (χ0n) is 6.45. The van der Waals surface area contributed by atoms with Crippen molar-refractivity contribution >= 4 is 27.9 Å². The molecule has 0 saturated carbocycles. The lowest BCUT2D eigenvalue weighted by Crippen LogP contribution is -2.22. The van der Waals surface area contributed by atoms with E-state index in [1.54, 1.807) is 6.92 Å². The van der Waals surface area contributed by atoms with Crippen LogP contribution in [0, 0.1) is 5.92 Å². The molecule has 0 aliphatic heterocycles. The Morgan fingerprint density at radius 1 is 1.42 bits per heavy atom. The van der Waals surface area contributed by atoms with Gasteiger partial charge in [0.2, 0.25) is 0 Å². The molecule has 0 unspecified atom stereocenters. The monoisotopic (exact) mass is 236 g/mol. The fourth-order valence-corrected chi connectivity index (χ4v) is 0.774. The molecule has 0 heterocycles. The number of halogens is 1. The summed E-state index contributed by atoms with van der Waals surface area (Å²) < 4.78 is 0.731. The van der Waals surface area contributed by atoms with E-state index in [1.165, 1.54) is 6.08 Å². The summed E-state index contributed by atoms with van der Waals surface area (Å²) in [5, 5.41) is 16.9. The normalized spacial score (nSPS) is 11.8. The maximum atomic E-state index is 10.3. The second-order valence-electron chi connectivity index (χ2n) is 2.26. The molecule has 0 aliphatic carbocycles. The van der Waals surface area contributed by atoms with Gasteiger partial charge in [0.25, 0.3) is 0 Å². The summed E-state index contributed by atoms with van der Waals surface area (Å²) in [5.41, 5.74) is 0. The number of hydrogen-bond donors (Lipinski definition) is 2. The van der Waals surface area contributed by atoms with Crippen molar-refractivity contribution < 1.29 is 19.8 Å². The fourth-order valence-electron chi connectivity index (χ4n) is 0.588. The van der Waals surface area contributed by atoms with Gasteiger partial charge in [-0.05, 0) is 17.8 Å². The molecule has 0 fully saturated rings. The molecule has 12 heavy (non-hydrogen) atoms. The predicted molar refractivity (Wildman–Crippen MR) is 46.1 cm³/mol. The van der Waals surface area contributed by atoms with Crippen molar-refractivity contribution in [3.8, 4) is 0 Å². The van der Waals surface area contributed by atoms with Gasteiger partial charge in [-0.15, -0.1) is 0 Å². The molecule has 0 spiro atoms. The molecule has 0 aliphatic rings. The molecule has 0 aromatic heterocycles. The minimum Gasteiger partial charge on any atom is -0.481 e. The third kappa shape index (κ3) is 4.12. The molecule has 2 N–H and O–H groups in total. The number of carboxylic acid groups (broad SMARTS) is 2. The maximum absolute atomic E-state index is 10.3. The van der Waals surface area contributed by atoms with Gasteiger partial charge >= 0.3 is 11.9 Å². The average molecular weight is 237 g/mol. The Balaban J connectivity index is 4.25. The topological polar surface area (TPSA) is 74.6 Å². The molecular formula is C7H9BrO4. The van der Waals surface area contributed by atoms with Crippen molar-refractivity contribution in [3.63, 3.8) is 0 Å². The molecule has 5 heteroatoms. The molecule has 68 valence electrons. The van der Waals surface area contributed by atoms with Gasteiger partial charge in [-0.1, -0.05) is 22.0 Å². The van der Waals surface area contributed by atoms with E-state index in [4.69, 9.17) is 10.2 Å². The van der Waals surface area contributed by atoms with Crippen LogP contribution in [0.4, 0.5) is 0 Å². The van der Waals surface area contributed by atoms with Crippen molar-refractivity contribution in [2.75, 3.05) is 0 Å². The molecular weight excluding hydrogens is 228 g/mol. The number of aliphatic carboxylic acids is 2.